The molecule has 0 unspecified atom stereocenters. The van der Waals surface area contributed by atoms with E-state index >= 15 is 0 Å². The summed E-state index contributed by atoms with van der Waals surface area (Å²) in [7, 11) is 0. The molecule has 1 aromatic rings. The van der Waals surface area contributed by atoms with Crippen molar-refractivity contribution >= 4 is 33.4 Å². The first kappa shape index (κ1) is 13.0. The number of anilines is 1. The minimum atomic E-state index is -0.501. The zero-order chi connectivity index (χ0) is 13.6. The first-order valence-electron chi connectivity index (χ1n) is 5.36. The molecule has 1 aromatic carbocycles. The summed E-state index contributed by atoms with van der Waals surface area (Å²) in [4.78, 5) is 25.0. The van der Waals surface area contributed by atoms with Crippen LogP contribution in [0.5, 0.6) is 0 Å². The van der Waals surface area contributed by atoms with Crippen molar-refractivity contribution in [3.63, 3.8) is 0 Å². The van der Waals surface area contributed by atoms with Crippen molar-refractivity contribution in [3.8, 4) is 0 Å². The Balaban J connectivity index is 2.56. The van der Waals surface area contributed by atoms with Gasteiger partial charge in [-0.1, -0.05) is 0 Å². The minimum absolute atomic E-state index is 0.293. The van der Waals surface area contributed by atoms with Gasteiger partial charge in [-0.3, -0.25) is 9.59 Å². The average Bonchev–Trinajstić information content (AvgIpc) is 2.50. The number of nitrogens with zero attached hydrogens (tertiary/aromatic N) is 1. The van der Waals surface area contributed by atoms with Crippen molar-refractivity contribution < 1.29 is 14.0 Å². The summed E-state index contributed by atoms with van der Waals surface area (Å²) < 4.78 is 13.9. The number of imide groups is 1. The van der Waals surface area contributed by atoms with E-state index in [4.69, 9.17) is 0 Å². The van der Waals surface area contributed by atoms with Crippen LogP contribution in [0.15, 0.2) is 27.8 Å². The fourth-order valence-corrected chi connectivity index (χ4v) is 2.30. The number of halogens is 2. The number of rotatable bonds is 1. The third-order valence-corrected chi connectivity index (χ3v) is 3.70. The van der Waals surface area contributed by atoms with Gasteiger partial charge in [0.25, 0.3) is 11.8 Å². The molecule has 18 heavy (non-hydrogen) atoms. The number of amides is 2. The molecule has 0 spiro atoms. The number of hydrogen-bond acceptors (Lipinski definition) is 2. The Morgan fingerprint density at radius 1 is 1.06 bits per heavy atom. The molecular formula is C13H11BrFNO2. The molecule has 0 radical (unpaired) electrons. The third-order valence-electron chi connectivity index (χ3n) is 3.09. The lowest BCUT2D eigenvalue weighted by atomic mass is 10.1. The zero-order valence-corrected chi connectivity index (χ0v) is 11.8. The van der Waals surface area contributed by atoms with Crippen LogP contribution in [0.1, 0.15) is 19.4 Å². The van der Waals surface area contributed by atoms with Crippen molar-refractivity contribution in [2.24, 2.45) is 0 Å². The van der Waals surface area contributed by atoms with Gasteiger partial charge in [0.1, 0.15) is 5.82 Å². The lowest BCUT2D eigenvalue weighted by molar-refractivity contribution is -0.120. The maximum atomic E-state index is 13.6. The number of hydrogen-bond donors (Lipinski definition) is 0. The van der Waals surface area contributed by atoms with Crippen LogP contribution in [0.4, 0.5) is 10.1 Å². The molecule has 0 aromatic heterocycles. The second kappa shape index (κ2) is 4.31. The lowest BCUT2D eigenvalue weighted by Crippen LogP contribution is -2.32. The molecule has 0 N–H and O–H groups in total. The van der Waals surface area contributed by atoms with E-state index in [9.17, 15) is 14.0 Å². The lowest BCUT2D eigenvalue weighted by Gasteiger charge is -2.18. The quantitative estimate of drug-likeness (QED) is 0.747. The van der Waals surface area contributed by atoms with Gasteiger partial charge >= 0.3 is 0 Å². The molecule has 1 aliphatic heterocycles. The molecule has 0 aliphatic carbocycles. The van der Waals surface area contributed by atoms with Gasteiger partial charge in [0, 0.05) is 11.1 Å². The predicted octanol–water partition coefficient (Wildman–Crippen LogP) is 3.11. The predicted molar refractivity (Wildman–Crippen MR) is 69.7 cm³/mol. The molecule has 1 aliphatic rings. The van der Waals surface area contributed by atoms with Gasteiger partial charge in [-0.2, -0.15) is 0 Å². The summed E-state index contributed by atoms with van der Waals surface area (Å²) in [6, 6.07) is 2.75. The van der Waals surface area contributed by atoms with E-state index in [0.717, 1.165) is 4.90 Å². The van der Waals surface area contributed by atoms with Crippen LogP contribution >= 0.6 is 15.9 Å². The Hall–Kier alpha value is -1.49. The summed E-state index contributed by atoms with van der Waals surface area (Å²) >= 11 is 3.07. The van der Waals surface area contributed by atoms with Crippen LogP contribution in [0.3, 0.4) is 0 Å². The number of carbonyl (C=O) groups excluding carboxylic acids is 2. The van der Waals surface area contributed by atoms with Crippen molar-refractivity contribution in [1.29, 1.82) is 0 Å². The smallest absolute Gasteiger partial charge is 0.261 e. The normalized spacial score (nSPS) is 15.9. The summed E-state index contributed by atoms with van der Waals surface area (Å²) in [5, 5.41) is 0. The molecule has 0 atom stereocenters. The Morgan fingerprint density at radius 3 is 2.06 bits per heavy atom. The van der Waals surface area contributed by atoms with E-state index in [-0.39, 0.29) is 11.8 Å². The molecule has 2 amide bonds. The molecular weight excluding hydrogens is 301 g/mol. The highest BCUT2D eigenvalue weighted by atomic mass is 79.9. The molecule has 2 rings (SSSR count). The van der Waals surface area contributed by atoms with E-state index in [2.05, 4.69) is 15.9 Å². The first-order valence-corrected chi connectivity index (χ1v) is 6.15. The van der Waals surface area contributed by atoms with Crippen LogP contribution in [-0.4, -0.2) is 11.8 Å². The van der Waals surface area contributed by atoms with Crippen molar-refractivity contribution in [1.82, 2.24) is 0 Å². The summed E-state index contributed by atoms with van der Waals surface area (Å²) in [5.74, 6) is -1.27. The number of carbonyl (C=O) groups is 2. The molecule has 0 saturated heterocycles. The molecule has 94 valence electrons. The molecule has 0 saturated carbocycles. The number of benzene rings is 1. The Bertz CT molecular complexity index is 583. The highest BCUT2D eigenvalue weighted by Gasteiger charge is 2.35. The van der Waals surface area contributed by atoms with Crippen LogP contribution in [0.25, 0.3) is 0 Å². The Labute approximate surface area is 112 Å². The zero-order valence-electron chi connectivity index (χ0n) is 10.2. The van der Waals surface area contributed by atoms with Gasteiger partial charge in [-0.05, 0) is 54.4 Å². The summed E-state index contributed by atoms with van der Waals surface area (Å²) in [5.41, 5.74) is 1.76. The summed E-state index contributed by atoms with van der Waals surface area (Å²) in [6.07, 6.45) is 0. The largest absolute Gasteiger partial charge is 0.269 e. The van der Waals surface area contributed by atoms with E-state index in [1.54, 1.807) is 26.8 Å². The van der Waals surface area contributed by atoms with Gasteiger partial charge in [0.05, 0.1) is 10.2 Å². The summed E-state index contributed by atoms with van der Waals surface area (Å²) in [6.45, 7) is 4.92. The van der Waals surface area contributed by atoms with E-state index in [1.807, 2.05) is 0 Å². The van der Waals surface area contributed by atoms with Crippen LogP contribution in [-0.2, 0) is 9.59 Å². The fraction of sp³-hybridized carbons (Fsp3) is 0.231. The van der Waals surface area contributed by atoms with Crippen molar-refractivity contribution in [2.45, 2.75) is 20.8 Å². The average molecular weight is 312 g/mol. The van der Waals surface area contributed by atoms with Gasteiger partial charge in [0.2, 0.25) is 0 Å². The van der Waals surface area contributed by atoms with E-state index in [0.29, 0.717) is 26.9 Å². The molecule has 3 nitrogen and oxygen atoms in total. The Morgan fingerprint density at radius 2 is 1.56 bits per heavy atom. The van der Waals surface area contributed by atoms with Crippen molar-refractivity contribution in [3.05, 3.63) is 39.1 Å². The second-order valence-electron chi connectivity index (χ2n) is 4.25. The second-order valence-corrected chi connectivity index (χ2v) is 5.10. The van der Waals surface area contributed by atoms with Gasteiger partial charge in [0.15, 0.2) is 0 Å². The maximum Gasteiger partial charge on any atom is 0.261 e. The first-order chi connectivity index (χ1) is 8.34. The topological polar surface area (TPSA) is 37.4 Å². The standard InChI is InChI=1S/C13H11BrFNO2/c1-6-4-9(14)10(15)5-11(6)16-12(17)7(2)8(3)13(16)18/h4-5H,1-3H3. The van der Waals surface area contributed by atoms with Gasteiger partial charge in [-0.25, -0.2) is 9.29 Å². The third kappa shape index (κ3) is 1.79. The highest BCUT2D eigenvalue weighted by Crippen LogP contribution is 2.32. The number of aryl methyl sites for hydroxylation is 1. The van der Waals surface area contributed by atoms with Crippen molar-refractivity contribution in [2.75, 3.05) is 4.90 Å². The fourth-order valence-electron chi connectivity index (χ4n) is 1.84. The van der Waals surface area contributed by atoms with Crippen LogP contribution in [0, 0.1) is 12.7 Å². The Kier molecular flexibility index (Phi) is 3.11. The van der Waals surface area contributed by atoms with Crippen LogP contribution in [0.2, 0.25) is 0 Å². The van der Waals surface area contributed by atoms with Gasteiger partial charge in [-0.15, -0.1) is 0 Å². The monoisotopic (exact) mass is 311 g/mol. The van der Waals surface area contributed by atoms with E-state index in [1.165, 1.54) is 6.07 Å². The van der Waals surface area contributed by atoms with Crippen LogP contribution < -0.4 is 4.90 Å². The molecule has 5 heteroatoms. The SMILES string of the molecule is CC1=C(C)C(=O)N(c2cc(F)c(Br)cc2C)C1=O. The minimum Gasteiger partial charge on any atom is -0.269 e. The maximum absolute atomic E-state index is 13.6. The highest BCUT2D eigenvalue weighted by molar-refractivity contribution is 9.10. The molecule has 0 fully saturated rings. The van der Waals surface area contributed by atoms with E-state index < -0.39 is 5.82 Å². The van der Waals surface area contributed by atoms with Gasteiger partial charge < -0.3 is 0 Å². The molecule has 0 bridgehead atoms. The molecule has 1 heterocycles.